The first kappa shape index (κ1) is 13.5. The fourth-order valence-corrected chi connectivity index (χ4v) is 2.98. The number of halogens is 2. The van der Waals surface area contributed by atoms with E-state index in [1.807, 2.05) is 35.8 Å². The van der Waals surface area contributed by atoms with Gasteiger partial charge in [-0.1, -0.05) is 33.6 Å². The molecular weight excluding hydrogens is 340 g/mol. The van der Waals surface area contributed by atoms with Gasteiger partial charge in [-0.05, 0) is 37.3 Å². The van der Waals surface area contributed by atoms with Crippen LogP contribution in [0.2, 0.25) is 5.02 Å². The smallest absolute Gasteiger partial charge is 0.144 e. The minimum atomic E-state index is 0.203. The lowest BCUT2D eigenvalue weighted by molar-refractivity contribution is 0.476. The Kier molecular flexibility index (Phi) is 3.44. The summed E-state index contributed by atoms with van der Waals surface area (Å²) in [6, 6.07) is 11.0. The molecular formula is C15H12BrClN2O. The second-order valence-corrected chi connectivity index (χ2v) is 5.77. The van der Waals surface area contributed by atoms with Crippen LogP contribution in [0, 0.1) is 0 Å². The number of phenolic OH excluding ortho intramolecular Hbond substituents is 1. The molecule has 1 N–H and O–H groups in total. The third-order valence-electron chi connectivity index (χ3n) is 3.23. The van der Waals surface area contributed by atoms with E-state index in [-0.39, 0.29) is 5.75 Å². The minimum Gasteiger partial charge on any atom is -0.507 e. The number of benzene rings is 2. The molecule has 5 heteroatoms. The maximum absolute atomic E-state index is 10.1. The molecule has 0 atom stereocenters. The minimum absolute atomic E-state index is 0.203. The summed E-state index contributed by atoms with van der Waals surface area (Å²) >= 11 is 9.70. The molecule has 0 saturated carbocycles. The average molecular weight is 352 g/mol. The Morgan fingerprint density at radius 2 is 2.10 bits per heavy atom. The number of imidazole rings is 1. The molecule has 3 aromatic rings. The van der Waals surface area contributed by atoms with E-state index in [0.717, 1.165) is 27.9 Å². The number of hydrogen-bond donors (Lipinski definition) is 1. The molecule has 20 heavy (non-hydrogen) atoms. The van der Waals surface area contributed by atoms with Crippen molar-refractivity contribution < 1.29 is 5.11 Å². The Balaban J connectivity index is 2.36. The van der Waals surface area contributed by atoms with E-state index in [9.17, 15) is 5.11 Å². The van der Waals surface area contributed by atoms with Crippen molar-refractivity contribution in [3.8, 4) is 17.1 Å². The lowest BCUT2D eigenvalue weighted by atomic mass is 10.2. The summed E-state index contributed by atoms with van der Waals surface area (Å²) in [6.45, 7) is 2.75. The SMILES string of the molecule is CCn1c(-c2cc(Br)ccc2O)nc2cccc(Cl)c21. The van der Waals surface area contributed by atoms with Gasteiger partial charge in [-0.3, -0.25) is 0 Å². The number of aryl methyl sites for hydroxylation is 1. The van der Waals surface area contributed by atoms with Crippen molar-refractivity contribution in [2.75, 3.05) is 0 Å². The molecule has 0 spiro atoms. The molecule has 0 saturated heterocycles. The van der Waals surface area contributed by atoms with Crippen molar-refractivity contribution in [3.63, 3.8) is 0 Å². The normalized spacial score (nSPS) is 11.2. The number of para-hydroxylation sites is 1. The van der Waals surface area contributed by atoms with E-state index in [4.69, 9.17) is 11.6 Å². The van der Waals surface area contributed by atoms with Crippen molar-refractivity contribution in [3.05, 3.63) is 45.9 Å². The standard InChI is InChI=1S/C15H12BrClN2O/c1-2-19-14-11(17)4-3-5-12(14)18-15(19)10-8-9(16)6-7-13(10)20/h3-8,20H,2H2,1H3. The summed E-state index contributed by atoms with van der Waals surface area (Å²) in [7, 11) is 0. The van der Waals surface area contributed by atoms with E-state index < -0.39 is 0 Å². The Morgan fingerprint density at radius 3 is 2.85 bits per heavy atom. The molecule has 3 rings (SSSR count). The van der Waals surface area contributed by atoms with Gasteiger partial charge in [0.1, 0.15) is 11.6 Å². The maximum Gasteiger partial charge on any atom is 0.144 e. The molecule has 1 aromatic heterocycles. The van der Waals surface area contributed by atoms with Gasteiger partial charge >= 0.3 is 0 Å². The van der Waals surface area contributed by atoms with Crippen LogP contribution in [-0.2, 0) is 6.54 Å². The first-order chi connectivity index (χ1) is 9.61. The predicted molar refractivity (Wildman–Crippen MR) is 85.2 cm³/mol. The lowest BCUT2D eigenvalue weighted by Gasteiger charge is -2.08. The van der Waals surface area contributed by atoms with Crippen molar-refractivity contribution >= 4 is 38.6 Å². The molecule has 2 aromatic carbocycles. The van der Waals surface area contributed by atoms with Gasteiger partial charge in [0.2, 0.25) is 0 Å². The van der Waals surface area contributed by atoms with E-state index >= 15 is 0 Å². The highest BCUT2D eigenvalue weighted by molar-refractivity contribution is 9.10. The molecule has 0 aliphatic carbocycles. The van der Waals surface area contributed by atoms with Crippen molar-refractivity contribution in [2.24, 2.45) is 0 Å². The first-order valence-electron chi connectivity index (χ1n) is 6.25. The topological polar surface area (TPSA) is 38.0 Å². The number of aromatic nitrogens is 2. The van der Waals surface area contributed by atoms with Crippen LogP contribution in [0.15, 0.2) is 40.9 Å². The maximum atomic E-state index is 10.1. The summed E-state index contributed by atoms with van der Waals surface area (Å²) in [4.78, 5) is 4.61. The summed E-state index contributed by atoms with van der Waals surface area (Å²) in [5.41, 5.74) is 2.41. The summed E-state index contributed by atoms with van der Waals surface area (Å²) in [6.07, 6.45) is 0. The lowest BCUT2D eigenvalue weighted by Crippen LogP contribution is -1.98. The van der Waals surface area contributed by atoms with Gasteiger partial charge in [-0.25, -0.2) is 4.98 Å². The summed E-state index contributed by atoms with van der Waals surface area (Å²) < 4.78 is 2.91. The summed E-state index contributed by atoms with van der Waals surface area (Å²) in [5, 5.41) is 10.8. The molecule has 102 valence electrons. The zero-order chi connectivity index (χ0) is 14.3. The van der Waals surface area contributed by atoms with Crippen LogP contribution in [-0.4, -0.2) is 14.7 Å². The molecule has 3 nitrogen and oxygen atoms in total. The predicted octanol–water partition coefficient (Wildman–Crippen LogP) is 4.84. The van der Waals surface area contributed by atoms with Crippen LogP contribution >= 0.6 is 27.5 Å². The second kappa shape index (κ2) is 5.11. The van der Waals surface area contributed by atoms with Crippen LogP contribution in [0.5, 0.6) is 5.75 Å². The Bertz CT molecular complexity index is 798. The molecule has 0 unspecified atom stereocenters. The van der Waals surface area contributed by atoms with Crippen molar-refractivity contribution in [1.82, 2.24) is 9.55 Å². The number of aromatic hydroxyl groups is 1. The van der Waals surface area contributed by atoms with Gasteiger partial charge in [-0.15, -0.1) is 0 Å². The molecule has 0 fully saturated rings. The monoisotopic (exact) mass is 350 g/mol. The molecule has 0 aliphatic rings. The number of rotatable bonds is 2. The highest BCUT2D eigenvalue weighted by atomic mass is 79.9. The third kappa shape index (κ3) is 2.09. The van der Waals surface area contributed by atoms with Crippen LogP contribution < -0.4 is 0 Å². The van der Waals surface area contributed by atoms with Crippen LogP contribution in [0.4, 0.5) is 0 Å². The molecule has 0 bridgehead atoms. The van der Waals surface area contributed by atoms with E-state index in [1.165, 1.54) is 0 Å². The van der Waals surface area contributed by atoms with Gasteiger partial charge < -0.3 is 9.67 Å². The number of phenols is 1. The van der Waals surface area contributed by atoms with Crippen molar-refractivity contribution in [2.45, 2.75) is 13.5 Å². The Morgan fingerprint density at radius 1 is 1.30 bits per heavy atom. The highest BCUT2D eigenvalue weighted by Crippen LogP contribution is 2.35. The van der Waals surface area contributed by atoms with E-state index in [0.29, 0.717) is 10.6 Å². The fraction of sp³-hybridized carbons (Fsp3) is 0.133. The molecule has 0 aliphatic heterocycles. The zero-order valence-electron chi connectivity index (χ0n) is 10.8. The van der Waals surface area contributed by atoms with Crippen LogP contribution in [0.1, 0.15) is 6.92 Å². The van der Waals surface area contributed by atoms with Gasteiger partial charge in [-0.2, -0.15) is 0 Å². The Hall–Kier alpha value is -1.52. The number of hydrogen-bond acceptors (Lipinski definition) is 2. The van der Waals surface area contributed by atoms with Gasteiger partial charge in [0.25, 0.3) is 0 Å². The molecule has 0 radical (unpaired) electrons. The van der Waals surface area contributed by atoms with Gasteiger partial charge in [0, 0.05) is 11.0 Å². The summed E-state index contributed by atoms with van der Waals surface area (Å²) in [5.74, 6) is 0.920. The average Bonchev–Trinajstić information content (AvgIpc) is 2.81. The number of fused-ring (bicyclic) bond motifs is 1. The van der Waals surface area contributed by atoms with E-state index in [2.05, 4.69) is 20.9 Å². The zero-order valence-corrected chi connectivity index (χ0v) is 13.1. The van der Waals surface area contributed by atoms with Crippen LogP contribution in [0.25, 0.3) is 22.4 Å². The quantitative estimate of drug-likeness (QED) is 0.717. The van der Waals surface area contributed by atoms with Gasteiger partial charge in [0.05, 0.1) is 21.6 Å². The van der Waals surface area contributed by atoms with Crippen molar-refractivity contribution in [1.29, 1.82) is 0 Å². The second-order valence-electron chi connectivity index (χ2n) is 4.45. The van der Waals surface area contributed by atoms with E-state index in [1.54, 1.807) is 12.1 Å². The van der Waals surface area contributed by atoms with Crippen LogP contribution in [0.3, 0.4) is 0 Å². The first-order valence-corrected chi connectivity index (χ1v) is 7.42. The molecule has 1 heterocycles. The molecule has 0 amide bonds. The third-order valence-corrected chi connectivity index (χ3v) is 4.03. The Labute approximate surface area is 130 Å². The number of nitrogens with zero attached hydrogens (tertiary/aromatic N) is 2. The largest absolute Gasteiger partial charge is 0.507 e. The fourth-order valence-electron chi connectivity index (χ4n) is 2.34. The van der Waals surface area contributed by atoms with Gasteiger partial charge in [0.15, 0.2) is 0 Å². The highest BCUT2D eigenvalue weighted by Gasteiger charge is 2.16.